The van der Waals surface area contributed by atoms with Crippen molar-refractivity contribution in [1.29, 1.82) is 0 Å². The summed E-state index contributed by atoms with van der Waals surface area (Å²) in [4.78, 5) is 42.7. The van der Waals surface area contributed by atoms with Gasteiger partial charge in [-0.25, -0.2) is 4.57 Å². The summed E-state index contributed by atoms with van der Waals surface area (Å²) in [6, 6.07) is 0. The number of esters is 2. The SMILES string of the molecule is CC/C=C\C/C=C\C/C=C\C/C=C\CCCCC(=O)O[C@H](COC(=O)CC/C=C\C/C=C\C/C=C\C/C=C/C=C/C(O)C/C=C\CC)COP(=O)(O)O. The second-order valence-corrected chi connectivity index (χ2v) is 13.2. The molecule has 0 saturated carbocycles. The van der Waals surface area contributed by atoms with Crippen LogP contribution in [0.3, 0.4) is 0 Å². The van der Waals surface area contributed by atoms with Crippen molar-refractivity contribution in [3.8, 4) is 0 Å². The topological polar surface area (TPSA) is 140 Å². The first kappa shape index (κ1) is 49.4. The van der Waals surface area contributed by atoms with Crippen molar-refractivity contribution < 1.29 is 43.0 Å². The van der Waals surface area contributed by atoms with Crippen molar-refractivity contribution >= 4 is 19.8 Å². The Morgan fingerprint density at radius 2 is 1.09 bits per heavy atom. The minimum atomic E-state index is -4.80. The smallest absolute Gasteiger partial charge is 0.462 e. The van der Waals surface area contributed by atoms with Crippen molar-refractivity contribution in [2.75, 3.05) is 13.2 Å². The number of hydrogen-bond donors (Lipinski definition) is 3. The molecule has 3 N–H and O–H groups in total. The van der Waals surface area contributed by atoms with Gasteiger partial charge >= 0.3 is 19.8 Å². The van der Waals surface area contributed by atoms with Crippen LogP contribution in [0.1, 0.15) is 110 Å². The van der Waals surface area contributed by atoms with E-state index in [-0.39, 0.29) is 19.4 Å². The van der Waals surface area contributed by atoms with E-state index in [2.05, 4.69) is 85.2 Å². The average Bonchev–Trinajstić information content (AvgIpc) is 3.12. The molecule has 1 unspecified atom stereocenters. The van der Waals surface area contributed by atoms with Gasteiger partial charge in [0.1, 0.15) is 6.61 Å². The van der Waals surface area contributed by atoms with Crippen molar-refractivity contribution in [2.45, 2.75) is 122 Å². The lowest BCUT2D eigenvalue weighted by Crippen LogP contribution is -2.29. The number of carbonyl (C=O) groups is 2. The summed E-state index contributed by atoms with van der Waals surface area (Å²) in [6.07, 6.45) is 49.8. The van der Waals surface area contributed by atoms with Gasteiger partial charge in [0.2, 0.25) is 0 Å². The van der Waals surface area contributed by atoms with E-state index < -0.39 is 38.6 Å². The average molecular weight is 757 g/mol. The zero-order valence-corrected chi connectivity index (χ0v) is 32.9. The minimum absolute atomic E-state index is 0.109. The summed E-state index contributed by atoms with van der Waals surface area (Å²) in [6.45, 7) is 3.23. The van der Waals surface area contributed by atoms with Crippen LogP contribution in [0.2, 0.25) is 0 Å². The zero-order valence-electron chi connectivity index (χ0n) is 32.0. The predicted octanol–water partition coefficient (Wildman–Crippen LogP) is 10.4. The highest BCUT2D eigenvalue weighted by atomic mass is 31.2. The number of rotatable bonds is 32. The van der Waals surface area contributed by atoms with Crippen LogP contribution in [0.5, 0.6) is 0 Å². The summed E-state index contributed by atoms with van der Waals surface area (Å²) in [5.41, 5.74) is 0. The standard InChI is InChI=1S/C43H65O9P/c1-3-5-7-8-9-10-11-12-13-16-20-23-26-29-33-37-43(46)52-41(39-51-53(47,48)49)38-50-42(45)36-32-28-25-22-19-17-14-15-18-21-24-27-31-35-40(44)34-30-6-4-2/h5-7,9-10,12-13,15,17-20,23-25,27-28,30-31,35,40-41,44H,3-4,8,11,14,16,21-22,26,29,32-34,36-39H2,1-2H3,(H2,47,48,49)/b7-5-,10-9-,13-12-,18-15-,19-17-,23-20-,27-24+,28-25-,30-6-,35-31+/t40?,41-/m1/s1. The minimum Gasteiger partial charge on any atom is -0.462 e. The monoisotopic (exact) mass is 756 g/mol. The molecule has 2 atom stereocenters. The van der Waals surface area contributed by atoms with Gasteiger partial charge in [-0.05, 0) is 83.5 Å². The van der Waals surface area contributed by atoms with Crippen LogP contribution in [0.4, 0.5) is 0 Å². The fraction of sp³-hybridized carbons (Fsp3) is 0.488. The second kappa shape index (κ2) is 36.8. The Hall–Kier alpha value is -3.59. The lowest BCUT2D eigenvalue weighted by Gasteiger charge is -2.18. The molecule has 0 aliphatic rings. The van der Waals surface area contributed by atoms with Gasteiger partial charge in [0.15, 0.2) is 6.10 Å². The molecule has 0 spiro atoms. The van der Waals surface area contributed by atoms with Crippen LogP contribution in [0.25, 0.3) is 0 Å². The number of phosphoric ester groups is 1. The van der Waals surface area contributed by atoms with Crippen LogP contribution in [0, 0.1) is 0 Å². The first-order valence-corrected chi connectivity index (χ1v) is 20.5. The maximum absolute atomic E-state index is 12.3. The van der Waals surface area contributed by atoms with E-state index >= 15 is 0 Å². The number of allylic oxidation sites excluding steroid dienone is 18. The van der Waals surface area contributed by atoms with Crippen molar-refractivity contribution in [3.63, 3.8) is 0 Å². The number of phosphoric acid groups is 1. The fourth-order valence-electron chi connectivity index (χ4n) is 4.29. The van der Waals surface area contributed by atoms with Gasteiger partial charge in [0.05, 0.1) is 12.7 Å². The van der Waals surface area contributed by atoms with Gasteiger partial charge in [-0.3, -0.25) is 14.1 Å². The molecule has 10 heteroatoms. The summed E-state index contributed by atoms with van der Waals surface area (Å²) < 4.78 is 26.2. The van der Waals surface area contributed by atoms with Crippen LogP contribution in [-0.2, 0) is 28.2 Å². The quantitative estimate of drug-likeness (QED) is 0.0201. The molecule has 53 heavy (non-hydrogen) atoms. The third kappa shape index (κ3) is 39.5. The summed E-state index contributed by atoms with van der Waals surface area (Å²) in [7, 11) is -4.80. The van der Waals surface area contributed by atoms with E-state index in [1.54, 1.807) is 6.08 Å². The first-order valence-electron chi connectivity index (χ1n) is 18.9. The molecule has 0 aromatic carbocycles. The van der Waals surface area contributed by atoms with E-state index in [0.29, 0.717) is 19.3 Å². The number of aliphatic hydroxyl groups excluding tert-OH is 1. The number of unbranched alkanes of at least 4 members (excludes halogenated alkanes) is 2. The lowest BCUT2D eigenvalue weighted by atomic mass is 10.2. The van der Waals surface area contributed by atoms with Crippen LogP contribution in [0.15, 0.2) is 122 Å². The second-order valence-electron chi connectivity index (χ2n) is 12.0. The number of hydrogen-bond acceptors (Lipinski definition) is 7. The molecule has 0 bridgehead atoms. The molecule has 0 fully saturated rings. The number of carbonyl (C=O) groups excluding carboxylic acids is 2. The Bertz CT molecular complexity index is 1280. The molecular formula is C43H65O9P. The Labute approximate surface area is 319 Å². The van der Waals surface area contributed by atoms with Crippen LogP contribution in [-0.4, -0.2) is 52.3 Å². The van der Waals surface area contributed by atoms with Crippen molar-refractivity contribution in [1.82, 2.24) is 0 Å². The molecule has 0 saturated heterocycles. The molecular weight excluding hydrogens is 691 g/mol. The third-order valence-electron chi connectivity index (χ3n) is 7.07. The maximum Gasteiger partial charge on any atom is 0.469 e. The molecule has 0 aliphatic carbocycles. The van der Waals surface area contributed by atoms with E-state index in [0.717, 1.165) is 64.2 Å². The number of ether oxygens (including phenoxy) is 2. The maximum atomic E-state index is 12.3. The van der Waals surface area contributed by atoms with Gasteiger partial charge in [-0.15, -0.1) is 0 Å². The van der Waals surface area contributed by atoms with Gasteiger partial charge < -0.3 is 24.4 Å². The molecule has 0 heterocycles. The predicted molar refractivity (Wildman–Crippen MR) is 217 cm³/mol. The highest BCUT2D eigenvalue weighted by Crippen LogP contribution is 2.35. The van der Waals surface area contributed by atoms with Gasteiger partial charge in [0.25, 0.3) is 0 Å². The lowest BCUT2D eigenvalue weighted by molar-refractivity contribution is -0.161. The van der Waals surface area contributed by atoms with E-state index in [9.17, 15) is 19.3 Å². The highest BCUT2D eigenvalue weighted by Gasteiger charge is 2.22. The Balaban J connectivity index is 4.24. The van der Waals surface area contributed by atoms with E-state index in [4.69, 9.17) is 19.3 Å². The van der Waals surface area contributed by atoms with E-state index in [1.807, 2.05) is 48.6 Å². The van der Waals surface area contributed by atoms with Crippen LogP contribution >= 0.6 is 7.82 Å². The summed E-state index contributed by atoms with van der Waals surface area (Å²) in [5.74, 6) is -1.07. The highest BCUT2D eigenvalue weighted by molar-refractivity contribution is 7.46. The fourth-order valence-corrected chi connectivity index (χ4v) is 4.66. The zero-order chi connectivity index (χ0) is 39.1. The number of aliphatic hydroxyl groups is 1. The molecule has 0 aliphatic heterocycles. The van der Waals surface area contributed by atoms with Crippen molar-refractivity contribution in [3.05, 3.63) is 122 Å². The largest absolute Gasteiger partial charge is 0.469 e. The molecule has 0 rings (SSSR count). The Morgan fingerprint density at radius 3 is 1.66 bits per heavy atom. The Morgan fingerprint density at radius 1 is 0.585 bits per heavy atom. The molecule has 0 aromatic heterocycles. The normalized spacial score (nSPS) is 14.4. The Kier molecular flexibility index (Phi) is 34.3. The molecule has 0 aromatic rings. The molecule has 296 valence electrons. The van der Waals surface area contributed by atoms with Gasteiger partial charge in [0, 0.05) is 12.8 Å². The first-order chi connectivity index (χ1) is 25.7. The summed E-state index contributed by atoms with van der Waals surface area (Å²) >= 11 is 0. The molecule has 9 nitrogen and oxygen atoms in total. The third-order valence-corrected chi connectivity index (χ3v) is 7.55. The van der Waals surface area contributed by atoms with Crippen LogP contribution < -0.4 is 0 Å². The van der Waals surface area contributed by atoms with Crippen molar-refractivity contribution in [2.24, 2.45) is 0 Å². The van der Waals surface area contributed by atoms with Gasteiger partial charge in [-0.1, -0.05) is 135 Å². The molecule has 0 radical (unpaired) electrons. The van der Waals surface area contributed by atoms with E-state index in [1.165, 1.54) is 0 Å². The summed E-state index contributed by atoms with van der Waals surface area (Å²) in [5, 5.41) is 9.81. The van der Waals surface area contributed by atoms with Gasteiger partial charge in [-0.2, -0.15) is 0 Å². The molecule has 0 amide bonds.